The van der Waals surface area contributed by atoms with Crippen LogP contribution >= 0.6 is 24.0 Å². The Morgan fingerprint density at radius 1 is 1.12 bits per heavy atom. The summed E-state index contributed by atoms with van der Waals surface area (Å²) < 4.78 is 10.5. The lowest BCUT2D eigenvalue weighted by molar-refractivity contribution is 0.0984. The van der Waals surface area contributed by atoms with Gasteiger partial charge in [0.25, 0.3) is 5.91 Å². The highest BCUT2D eigenvalue weighted by molar-refractivity contribution is 6.30. The summed E-state index contributed by atoms with van der Waals surface area (Å²) in [5, 5.41) is 0.607. The van der Waals surface area contributed by atoms with Gasteiger partial charge in [0.1, 0.15) is 11.5 Å². The molecule has 24 heavy (non-hydrogen) atoms. The van der Waals surface area contributed by atoms with Crippen molar-refractivity contribution >= 4 is 35.6 Å². The zero-order valence-corrected chi connectivity index (χ0v) is 15.1. The molecule has 5 nitrogen and oxygen atoms in total. The average Bonchev–Trinajstić information content (AvgIpc) is 2.59. The number of methoxy groups -OCH3 is 2. The van der Waals surface area contributed by atoms with Crippen LogP contribution in [0.15, 0.2) is 42.5 Å². The van der Waals surface area contributed by atoms with Crippen molar-refractivity contribution in [3.05, 3.63) is 53.1 Å². The third-order valence-electron chi connectivity index (χ3n) is 3.38. The molecule has 1 amide bonds. The highest BCUT2D eigenvalue weighted by Crippen LogP contribution is 2.28. The predicted octanol–water partition coefficient (Wildman–Crippen LogP) is 3.38. The van der Waals surface area contributed by atoms with Crippen LogP contribution in [-0.2, 0) is 0 Å². The fraction of sp³-hybridized carbons (Fsp3) is 0.235. The predicted molar refractivity (Wildman–Crippen MR) is 99.0 cm³/mol. The minimum Gasteiger partial charge on any atom is -0.497 e. The van der Waals surface area contributed by atoms with Crippen LogP contribution in [0, 0.1) is 0 Å². The van der Waals surface area contributed by atoms with Crippen LogP contribution in [0.2, 0.25) is 5.02 Å². The standard InChI is InChI=1S/C17H19ClN2O3.ClH/c1-22-14-7-8-15(16(11-14)23-2)17(21)20(10-9-19)13-5-3-12(18)4-6-13;/h3-8,11H,9-10,19H2,1-2H3;1H. The number of nitrogens with two attached hydrogens (primary N) is 1. The van der Waals surface area contributed by atoms with Gasteiger partial charge in [-0.2, -0.15) is 0 Å². The number of rotatable bonds is 6. The topological polar surface area (TPSA) is 64.8 Å². The fourth-order valence-corrected chi connectivity index (χ4v) is 2.34. The van der Waals surface area contributed by atoms with Gasteiger partial charge in [-0.25, -0.2) is 0 Å². The molecule has 0 radical (unpaired) electrons. The van der Waals surface area contributed by atoms with Crippen LogP contribution in [0.4, 0.5) is 5.69 Å². The Bertz CT molecular complexity index is 678. The maximum absolute atomic E-state index is 12.9. The molecule has 2 N–H and O–H groups in total. The van der Waals surface area contributed by atoms with E-state index in [4.69, 9.17) is 26.8 Å². The Balaban J connectivity index is 0.00000288. The van der Waals surface area contributed by atoms with E-state index in [0.29, 0.717) is 35.2 Å². The SMILES string of the molecule is COc1ccc(C(=O)N(CCN)c2ccc(Cl)cc2)c(OC)c1.Cl. The summed E-state index contributed by atoms with van der Waals surface area (Å²) in [6.07, 6.45) is 0. The molecule has 0 aromatic heterocycles. The molecule has 130 valence electrons. The van der Waals surface area contributed by atoms with Crippen molar-refractivity contribution in [2.45, 2.75) is 0 Å². The van der Waals surface area contributed by atoms with Crippen molar-refractivity contribution < 1.29 is 14.3 Å². The van der Waals surface area contributed by atoms with Crippen molar-refractivity contribution in [1.29, 1.82) is 0 Å². The molecule has 0 unspecified atom stereocenters. The van der Waals surface area contributed by atoms with Crippen molar-refractivity contribution in [3.8, 4) is 11.5 Å². The normalized spacial score (nSPS) is 9.83. The third-order valence-corrected chi connectivity index (χ3v) is 3.63. The van der Waals surface area contributed by atoms with Crippen molar-refractivity contribution in [3.63, 3.8) is 0 Å². The Morgan fingerprint density at radius 3 is 2.33 bits per heavy atom. The quantitative estimate of drug-likeness (QED) is 0.846. The Hall–Kier alpha value is -1.95. The van der Waals surface area contributed by atoms with Gasteiger partial charge >= 0.3 is 0 Å². The molecule has 0 aliphatic heterocycles. The zero-order chi connectivity index (χ0) is 16.8. The van der Waals surface area contributed by atoms with Crippen molar-refractivity contribution in [1.82, 2.24) is 0 Å². The molecule has 0 atom stereocenters. The van der Waals surface area contributed by atoms with Gasteiger partial charge in [-0.3, -0.25) is 4.79 Å². The van der Waals surface area contributed by atoms with Gasteiger partial charge in [0, 0.05) is 29.9 Å². The van der Waals surface area contributed by atoms with E-state index in [0.717, 1.165) is 5.69 Å². The van der Waals surface area contributed by atoms with Crippen LogP contribution in [0.3, 0.4) is 0 Å². The van der Waals surface area contributed by atoms with Crippen LogP contribution in [0.25, 0.3) is 0 Å². The lowest BCUT2D eigenvalue weighted by Crippen LogP contribution is -2.35. The summed E-state index contributed by atoms with van der Waals surface area (Å²) in [5.74, 6) is 0.873. The summed E-state index contributed by atoms with van der Waals surface area (Å²) in [6, 6.07) is 12.1. The molecule has 0 fully saturated rings. The number of ether oxygens (including phenoxy) is 2. The molecule has 0 aliphatic rings. The smallest absolute Gasteiger partial charge is 0.262 e. The highest BCUT2D eigenvalue weighted by Gasteiger charge is 2.21. The lowest BCUT2D eigenvalue weighted by atomic mass is 10.1. The summed E-state index contributed by atoms with van der Waals surface area (Å²) in [7, 11) is 3.08. The Labute approximate surface area is 152 Å². The van der Waals surface area contributed by atoms with Gasteiger partial charge in [-0.1, -0.05) is 11.6 Å². The summed E-state index contributed by atoms with van der Waals surface area (Å²) >= 11 is 5.91. The van der Waals surface area contributed by atoms with E-state index >= 15 is 0 Å². The zero-order valence-electron chi connectivity index (χ0n) is 13.5. The minimum atomic E-state index is -0.197. The van der Waals surface area contributed by atoms with Crippen molar-refractivity contribution in [2.75, 3.05) is 32.2 Å². The van der Waals surface area contributed by atoms with E-state index < -0.39 is 0 Å². The summed E-state index contributed by atoms with van der Waals surface area (Å²) in [4.78, 5) is 14.5. The Morgan fingerprint density at radius 2 is 1.79 bits per heavy atom. The molecule has 0 saturated heterocycles. The first-order chi connectivity index (χ1) is 11.1. The number of benzene rings is 2. The molecular formula is C17H20Cl2N2O3. The Kier molecular flexibility index (Phi) is 7.85. The third kappa shape index (κ3) is 4.54. The van der Waals surface area contributed by atoms with E-state index in [9.17, 15) is 4.79 Å². The number of halogens is 2. The molecule has 0 heterocycles. The first kappa shape index (κ1) is 20.1. The second-order valence-electron chi connectivity index (χ2n) is 4.79. The number of anilines is 1. The monoisotopic (exact) mass is 370 g/mol. The number of hydrogen-bond acceptors (Lipinski definition) is 4. The van der Waals surface area contributed by atoms with Crippen LogP contribution in [0.5, 0.6) is 11.5 Å². The molecule has 0 saturated carbocycles. The minimum absolute atomic E-state index is 0. The van der Waals surface area contributed by atoms with Gasteiger partial charge in [0.05, 0.1) is 19.8 Å². The largest absolute Gasteiger partial charge is 0.497 e. The maximum Gasteiger partial charge on any atom is 0.262 e. The van der Waals surface area contributed by atoms with Gasteiger partial charge < -0.3 is 20.1 Å². The second-order valence-corrected chi connectivity index (χ2v) is 5.22. The van der Waals surface area contributed by atoms with Crippen LogP contribution in [0.1, 0.15) is 10.4 Å². The number of nitrogens with zero attached hydrogens (tertiary/aromatic N) is 1. The fourth-order valence-electron chi connectivity index (χ4n) is 2.22. The van der Waals surface area contributed by atoms with Gasteiger partial charge in [0.15, 0.2) is 0 Å². The lowest BCUT2D eigenvalue weighted by Gasteiger charge is -2.23. The number of carbonyl (C=O) groups excluding carboxylic acids is 1. The number of hydrogen-bond donors (Lipinski definition) is 1. The first-order valence-corrected chi connectivity index (χ1v) is 7.48. The maximum atomic E-state index is 12.9. The van der Waals surface area contributed by atoms with Gasteiger partial charge in [0.2, 0.25) is 0 Å². The van der Waals surface area contributed by atoms with E-state index in [1.165, 1.54) is 7.11 Å². The molecular weight excluding hydrogens is 351 g/mol. The number of amides is 1. The van der Waals surface area contributed by atoms with E-state index in [2.05, 4.69) is 0 Å². The van der Waals surface area contributed by atoms with E-state index in [1.54, 1.807) is 54.5 Å². The highest BCUT2D eigenvalue weighted by atomic mass is 35.5. The first-order valence-electron chi connectivity index (χ1n) is 7.10. The second kappa shape index (κ2) is 9.37. The molecule has 0 bridgehead atoms. The molecule has 0 aliphatic carbocycles. The van der Waals surface area contributed by atoms with E-state index in [-0.39, 0.29) is 18.3 Å². The van der Waals surface area contributed by atoms with Crippen molar-refractivity contribution in [2.24, 2.45) is 5.73 Å². The summed E-state index contributed by atoms with van der Waals surface area (Å²) in [6.45, 7) is 0.725. The molecule has 2 rings (SSSR count). The van der Waals surface area contributed by atoms with Crippen LogP contribution in [-0.4, -0.2) is 33.2 Å². The van der Waals surface area contributed by atoms with Gasteiger partial charge in [-0.15, -0.1) is 12.4 Å². The summed E-state index contributed by atoms with van der Waals surface area (Å²) in [5.41, 5.74) is 6.82. The van der Waals surface area contributed by atoms with Crippen LogP contribution < -0.4 is 20.1 Å². The molecule has 2 aromatic carbocycles. The average molecular weight is 371 g/mol. The molecule has 0 spiro atoms. The van der Waals surface area contributed by atoms with Gasteiger partial charge in [-0.05, 0) is 36.4 Å². The number of carbonyl (C=O) groups is 1. The van der Waals surface area contributed by atoms with E-state index in [1.807, 2.05) is 0 Å². The molecule has 2 aromatic rings. The molecule has 7 heteroatoms.